The van der Waals surface area contributed by atoms with Crippen LogP contribution >= 0.6 is 11.6 Å². The molecule has 1 heterocycles. The van der Waals surface area contributed by atoms with Crippen molar-refractivity contribution in [2.45, 2.75) is 4.90 Å². The Hall–Kier alpha value is -3.29. The molecular weight excluding hydrogens is 414 g/mol. The van der Waals surface area contributed by atoms with E-state index in [2.05, 4.69) is 14.9 Å². The number of aromatic nitrogens is 2. The lowest BCUT2D eigenvalue weighted by Gasteiger charge is -2.12. The van der Waals surface area contributed by atoms with Gasteiger partial charge in [-0.25, -0.2) is 17.2 Å². The highest BCUT2D eigenvalue weighted by molar-refractivity contribution is 7.92. The van der Waals surface area contributed by atoms with Gasteiger partial charge in [-0.05, 0) is 30.3 Å². The number of nitrogens with zero attached hydrogens (tertiary/aromatic N) is 3. The normalized spacial score (nSPS) is 10.9. The zero-order valence-corrected chi connectivity index (χ0v) is 15.3. The van der Waals surface area contributed by atoms with Crippen LogP contribution in [0, 0.1) is 23.0 Å². The van der Waals surface area contributed by atoms with E-state index in [-0.39, 0.29) is 27.9 Å². The number of hydrogen-bond donors (Lipinski definition) is 1. The molecule has 0 bridgehead atoms. The number of ether oxygens (including phenoxy) is 1. The van der Waals surface area contributed by atoms with Crippen LogP contribution in [0.15, 0.2) is 53.6 Å². The van der Waals surface area contributed by atoms with Gasteiger partial charge in [0.25, 0.3) is 10.0 Å². The molecule has 0 saturated heterocycles. The molecule has 0 amide bonds. The first-order chi connectivity index (χ1) is 13.3. The predicted octanol–water partition coefficient (Wildman–Crippen LogP) is 3.87. The van der Waals surface area contributed by atoms with Crippen LogP contribution in [0.3, 0.4) is 0 Å². The standard InChI is InChI=1S/C17H9ClF2N4O3S/c18-12-7-16(28(25,26)24-17-2-1-5-22-23-17)14(20)8-15(12)27-11-3-4-13(19)10(6-11)9-21/h1-8H,(H,23,24). The average molecular weight is 423 g/mol. The second-order valence-corrected chi connectivity index (χ2v) is 7.34. The van der Waals surface area contributed by atoms with Gasteiger partial charge in [-0.3, -0.25) is 4.72 Å². The molecule has 7 nitrogen and oxygen atoms in total. The lowest BCUT2D eigenvalue weighted by atomic mass is 10.2. The molecule has 0 aliphatic heterocycles. The van der Waals surface area contributed by atoms with Gasteiger partial charge in [0.2, 0.25) is 0 Å². The van der Waals surface area contributed by atoms with E-state index in [0.717, 1.165) is 24.3 Å². The minimum Gasteiger partial charge on any atom is -0.456 e. The molecule has 0 spiro atoms. The van der Waals surface area contributed by atoms with Crippen molar-refractivity contribution in [3.05, 3.63) is 70.9 Å². The first kappa shape index (κ1) is 19.5. The Labute approximate surface area is 163 Å². The summed E-state index contributed by atoms with van der Waals surface area (Å²) < 4.78 is 60.0. The van der Waals surface area contributed by atoms with Gasteiger partial charge in [-0.2, -0.15) is 10.4 Å². The van der Waals surface area contributed by atoms with Crippen LogP contribution in [0.5, 0.6) is 11.5 Å². The molecule has 0 aliphatic rings. The molecule has 0 aliphatic carbocycles. The minimum absolute atomic E-state index is 0.0209. The largest absolute Gasteiger partial charge is 0.456 e. The van der Waals surface area contributed by atoms with Crippen LogP contribution in [0.2, 0.25) is 5.02 Å². The first-order valence-corrected chi connectivity index (χ1v) is 9.33. The zero-order chi connectivity index (χ0) is 20.3. The van der Waals surface area contributed by atoms with Gasteiger partial charge in [-0.1, -0.05) is 11.6 Å². The summed E-state index contributed by atoms with van der Waals surface area (Å²) in [4.78, 5) is -0.729. The van der Waals surface area contributed by atoms with Gasteiger partial charge in [-0.15, -0.1) is 5.10 Å². The van der Waals surface area contributed by atoms with Crippen molar-refractivity contribution in [3.63, 3.8) is 0 Å². The highest BCUT2D eigenvalue weighted by Gasteiger charge is 2.23. The van der Waals surface area contributed by atoms with E-state index in [4.69, 9.17) is 21.6 Å². The molecule has 0 saturated carbocycles. The molecule has 0 fully saturated rings. The van der Waals surface area contributed by atoms with E-state index in [9.17, 15) is 17.2 Å². The Morgan fingerprint density at radius 2 is 1.93 bits per heavy atom. The Balaban J connectivity index is 1.92. The Morgan fingerprint density at radius 1 is 1.14 bits per heavy atom. The Bertz CT molecular complexity index is 1180. The molecule has 1 N–H and O–H groups in total. The van der Waals surface area contributed by atoms with Crippen molar-refractivity contribution in [3.8, 4) is 17.6 Å². The maximum absolute atomic E-state index is 14.4. The number of nitrogens with one attached hydrogen (secondary N) is 1. The summed E-state index contributed by atoms with van der Waals surface area (Å²) in [7, 11) is -4.33. The van der Waals surface area contributed by atoms with E-state index in [1.165, 1.54) is 24.4 Å². The first-order valence-electron chi connectivity index (χ1n) is 7.47. The molecular formula is C17H9ClF2N4O3S. The van der Waals surface area contributed by atoms with Crippen molar-refractivity contribution in [1.29, 1.82) is 5.26 Å². The van der Waals surface area contributed by atoms with Crippen molar-refractivity contribution in [2.75, 3.05) is 4.72 Å². The van der Waals surface area contributed by atoms with E-state index < -0.39 is 26.6 Å². The maximum Gasteiger partial charge on any atom is 0.266 e. The highest BCUT2D eigenvalue weighted by Crippen LogP contribution is 2.34. The summed E-state index contributed by atoms with van der Waals surface area (Å²) in [5.41, 5.74) is -0.276. The SMILES string of the molecule is N#Cc1cc(Oc2cc(F)c(S(=O)(=O)Nc3cccnn3)cc2Cl)ccc1F. The molecule has 0 radical (unpaired) electrons. The lowest BCUT2D eigenvalue weighted by Crippen LogP contribution is -2.15. The fourth-order valence-corrected chi connectivity index (χ4v) is 3.47. The quantitative estimate of drug-likeness (QED) is 0.669. The van der Waals surface area contributed by atoms with Crippen LogP contribution in [0.25, 0.3) is 0 Å². The number of rotatable bonds is 5. The van der Waals surface area contributed by atoms with Crippen LogP contribution in [0.4, 0.5) is 14.6 Å². The summed E-state index contributed by atoms with van der Waals surface area (Å²) in [6, 6.07) is 9.37. The van der Waals surface area contributed by atoms with Gasteiger partial charge in [0, 0.05) is 18.3 Å². The van der Waals surface area contributed by atoms with Gasteiger partial charge < -0.3 is 4.74 Å². The fraction of sp³-hybridized carbons (Fsp3) is 0. The summed E-state index contributed by atoms with van der Waals surface area (Å²) >= 11 is 6.01. The smallest absolute Gasteiger partial charge is 0.266 e. The maximum atomic E-state index is 14.4. The van der Waals surface area contributed by atoms with Gasteiger partial charge in [0.1, 0.15) is 34.1 Å². The predicted molar refractivity (Wildman–Crippen MR) is 95.4 cm³/mol. The van der Waals surface area contributed by atoms with Crippen molar-refractivity contribution in [2.24, 2.45) is 0 Å². The summed E-state index contributed by atoms with van der Waals surface area (Å²) in [6.07, 6.45) is 1.34. The van der Waals surface area contributed by atoms with E-state index >= 15 is 0 Å². The number of halogens is 3. The van der Waals surface area contributed by atoms with Crippen molar-refractivity contribution < 1.29 is 21.9 Å². The van der Waals surface area contributed by atoms with Crippen LogP contribution in [0.1, 0.15) is 5.56 Å². The molecule has 11 heteroatoms. The number of hydrogen-bond acceptors (Lipinski definition) is 6. The van der Waals surface area contributed by atoms with Gasteiger partial charge in [0.05, 0.1) is 10.6 Å². The molecule has 3 aromatic rings. The summed E-state index contributed by atoms with van der Waals surface area (Å²) in [6.45, 7) is 0. The number of nitriles is 1. The second kappa shape index (κ2) is 7.75. The van der Waals surface area contributed by atoms with Crippen molar-refractivity contribution >= 4 is 27.4 Å². The van der Waals surface area contributed by atoms with E-state index in [0.29, 0.717) is 0 Å². The minimum atomic E-state index is -4.33. The molecule has 0 unspecified atom stereocenters. The second-order valence-electron chi connectivity index (χ2n) is 5.28. The van der Waals surface area contributed by atoms with Crippen LogP contribution < -0.4 is 9.46 Å². The van der Waals surface area contributed by atoms with Gasteiger partial charge >= 0.3 is 0 Å². The molecule has 2 aromatic carbocycles. The number of sulfonamides is 1. The van der Waals surface area contributed by atoms with E-state index in [1.807, 2.05) is 0 Å². The fourth-order valence-electron chi connectivity index (χ4n) is 2.12. The Morgan fingerprint density at radius 3 is 2.61 bits per heavy atom. The van der Waals surface area contributed by atoms with Crippen molar-refractivity contribution in [1.82, 2.24) is 10.2 Å². The monoisotopic (exact) mass is 422 g/mol. The third-order valence-electron chi connectivity index (χ3n) is 3.37. The van der Waals surface area contributed by atoms with E-state index in [1.54, 1.807) is 6.07 Å². The topological polar surface area (TPSA) is 105 Å². The number of anilines is 1. The summed E-state index contributed by atoms with van der Waals surface area (Å²) in [5.74, 6) is -2.18. The number of benzene rings is 2. The van der Waals surface area contributed by atoms with Crippen LogP contribution in [-0.4, -0.2) is 18.6 Å². The molecule has 1 aromatic heterocycles. The van der Waals surface area contributed by atoms with Gasteiger partial charge in [0.15, 0.2) is 5.82 Å². The summed E-state index contributed by atoms with van der Waals surface area (Å²) in [5, 5.41) is 15.7. The highest BCUT2D eigenvalue weighted by atomic mass is 35.5. The zero-order valence-electron chi connectivity index (χ0n) is 13.7. The molecule has 28 heavy (non-hydrogen) atoms. The average Bonchev–Trinajstić information content (AvgIpc) is 2.66. The third kappa shape index (κ3) is 4.16. The molecule has 0 atom stereocenters. The molecule has 142 valence electrons. The lowest BCUT2D eigenvalue weighted by molar-refractivity contribution is 0.471. The Kier molecular flexibility index (Phi) is 5.39. The molecule has 3 rings (SSSR count). The third-order valence-corrected chi connectivity index (χ3v) is 5.04. The van der Waals surface area contributed by atoms with Crippen LogP contribution in [-0.2, 0) is 10.0 Å².